The van der Waals surface area contributed by atoms with E-state index in [1.165, 1.54) is 0 Å². The minimum absolute atomic E-state index is 0.00372. The Hall–Kier alpha value is -3.34. The van der Waals surface area contributed by atoms with Crippen molar-refractivity contribution in [1.82, 2.24) is 9.88 Å². The second-order valence-electron chi connectivity index (χ2n) is 6.16. The molecule has 1 aromatic heterocycles. The molecule has 1 amide bonds. The van der Waals surface area contributed by atoms with E-state index in [-0.39, 0.29) is 12.1 Å². The Labute approximate surface area is 152 Å². The van der Waals surface area contributed by atoms with Crippen LogP contribution in [0.2, 0.25) is 0 Å². The average Bonchev–Trinajstić information content (AvgIpc) is 2.71. The number of carbonyl (C=O) groups is 1. The second kappa shape index (κ2) is 6.88. The van der Waals surface area contributed by atoms with E-state index in [1.54, 1.807) is 19.5 Å². The van der Waals surface area contributed by atoms with E-state index < -0.39 is 0 Å². The lowest BCUT2D eigenvalue weighted by Crippen LogP contribution is -2.42. The number of amides is 1. The number of nitrogens with one attached hydrogen (secondary N) is 1. The Morgan fingerprint density at radius 3 is 2.62 bits per heavy atom. The summed E-state index contributed by atoms with van der Waals surface area (Å²) in [6.45, 7) is 0.477. The van der Waals surface area contributed by atoms with Crippen molar-refractivity contribution in [3.05, 3.63) is 89.7 Å². The highest BCUT2D eigenvalue weighted by Crippen LogP contribution is 2.34. The molecular weight excluding hydrogens is 326 g/mol. The molecular formula is C21H19N3O2. The fourth-order valence-electron chi connectivity index (χ4n) is 3.19. The first-order valence-electron chi connectivity index (χ1n) is 8.45. The van der Waals surface area contributed by atoms with Gasteiger partial charge in [0.25, 0.3) is 5.91 Å². The zero-order valence-electron chi connectivity index (χ0n) is 14.4. The van der Waals surface area contributed by atoms with Gasteiger partial charge in [-0.2, -0.15) is 0 Å². The lowest BCUT2D eigenvalue weighted by molar-refractivity contribution is 0.0666. The smallest absolute Gasteiger partial charge is 0.258 e. The number of rotatable bonds is 4. The lowest BCUT2D eigenvalue weighted by Gasteiger charge is -2.38. The van der Waals surface area contributed by atoms with Crippen LogP contribution in [0.15, 0.2) is 73.1 Å². The van der Waals surface area contributed by atoms with Gasteiger partial charge in [0, 0.05) is 24.6 Å². The molecule has 5 heteroatoms. The van der Waals surface area contributed by atoms with Crippen LogP contribution in [0, 0.1) is 0 Å². The molecule has 0 bridgehead atoms. The lowest BCUT2D eigenvalue weighted by atomic mass is 10.0. The third-order valence-electron chi connectivity index (χ3n) is 4.53. The molecule has 1 unspecified atom stereocenters. The average molecular weight is 345 g/mol. The summed E-state index contributed by atoms with van der Waals surface area (Å²) in [4.78, 5) is 19.2. The van der Waals surface area contributed by atoms with Gasteiger partial charge in [0.2, 0.25) is 0 Å². The highest BCUT2D eigenvalue weighted by molar-refractivity contribution is 6.01. The number of methoxy groups -OCH3 is 1. The van der Waals surface area contributed by atoms with Crippen LogP contribution in [0.1, 0.15) is 27.7 Å². The van der Waals surface area contributed by atoms with Crippen LogP contribution in [0.4, 0.5) is 5.69 Å². The van der Waals surface area contributed by atoms with Gasteiger partial charge in [-0.3, -0.25) is 9.78 Å². The Balaban J connectivity index is 1.73. The molecule has 5 nitrogen and oxygen atoms in total. The number of aromatic nitrogens is 1. The van der Waals surface area contributed by atoms with Gasteiger partial charge >= 0.3 is 0 Å². The molecule has 1 aliphatic rings. The quantitative estimate of drug-likeness (QED) is 0.780. The van der Waals surface area contributed by atoms with Crippen LogP contribution >= 0.6 is 0 Å². The van der Waals surface area contributed by atoms with E-state index in [4.69, 9.17) is 4.74 Å². The molecule has 0 aliphatic carbocycles. The minimum Gasteiger partial charge on any atom is -0.497 e. The summed E-state index contributed by atoms with van der Waals surface area (Å²) < 4.78 is 5.25. The second-order valence-corrected chi connectivity index (χ2v) is 6.16. The number of ether oxygens (including phenoxy) is 1. The number of pyridine rings is 1. The number of para-hydroxylation sites is 1. The maximum Gasteiger partial charge on any atom is 0.258 e. The summed E-state index contributed by atoms with van der Waals surface area (Å²) in [6.07, 6.45) is 3.26. The topological polar surface area (TPSA) is 54.5 Å². The van der Waals surface area contributed by atoms with E-state index in [2.05, 4.69) is 10.3 Å². The number of hydrogen-bond acceptors (Lipinski definition) is 4. The van der Waals surface area contributed by atoms with Crippen LogP contribution in [-0.2, 0) is 6.54 Å². The van der Waals surface area contributed by atoms with Crippen molar-refractivity contribution < 1.29 is 9.53 Å². The molecule has 0 radical (unpaired) electrons. The Morgan fingerprint density at radius 1 is 1.08 bits per heavy atom. The van der Waals surface area contributed by atoms with E-state index >= 15 is 0 Å². The molecule has 26 heavy (non-hydrogen) atoms. The van der Waals surface area contributed by atoms with Crippen LogP contribution in [0.3, 0.4) is 0 Å². The van der Waals surface area contributed by atoms with Crippen molar-refractivity contribution in [1.29, 1.82) is 0 Å². The molecule has 2 aromatic carbocycles. The molecule has 1 aliphatic heterocycles. The highest BCUT2D eigenvalue weighted by Gasteiger charge is 2.32. The van der Waals surface area contributed by atoms with Crippen molar-refractivity contribution in [2.24, 2.45) is 0 Å². The van der Waals surface area contributed by atoms with Crippen LogP contribution in [-0.4, -0.2) is 22.9 Å². The minimum atomic E-state index is -0.261. The molecule has 0 saturated heterocycles. The highest BCUT2D eigenvalue weighted by atomic mass is 16.5. The zero-order chi connectivity index (χ0) is 17.9. The normalized spacial score (nSPS) is 16.0. The number of fused-ring (bicyclic) bond motifs is 1. The summed E-state index contributed by atoms with van der Waals surface area (Å²) in [5.74, 6) is 0.791. The van der Waals surface area contributed by atoms with E-state index in [0.717, 1.165) is 22.6 Å². The molecule has 0 saturated carbocycles. The van der Waals surface area contributed by atoms with E-state index in [9.17, 15) is 4.79 Å². The van der Waals surface area contributed by atoms with Crippen LogP contribution in [0.25, 0.3) is 0 Å². The zero-order valence-corrected chi connectivity index (χ0v) is 14.4. The number of hydrogen-bond donors (Lipinski definition) is 1. The van der Waals surface area contributed by atoms with Crippen molar-refractivity contribution in [3.8, 4) is 5.75 Å². The molecule has 2 heterocycles. The predicted octanol–water partition coefficient (Wildman–Crippen LogP) is 3.86. The van der Waals surface area contributed by atoms with Gasteiger partial charge in [0.15, 0.2) is 0 Å². The van der Waals surface area contributed by atoms with Crippen molar-refractivity contribution in [3.63, 3.8) is 0 Å². The summed E-state index contributed by atoms with van der Waals surface area (Å²) in [7, 11) is 1.64. The van der Waals surface area contributed by atoms with Crippen LogP contribution in [0.5, 0.6) is 5.75 Å². The number of anilines is 1. The predicted molar refractivity (Wildman–Crippen MR) is 99.9 cm³/mol. The summed E-state index contributed by atoms with van der Waals surface area (Å²) in [6, 6.07) is 19.2. The summed E-state index contributed by atoms with van der Waals surface area (Å²) in [5, 5.41) is 3.50. The van der Waals surface area contributed by atoms with Gasteiger partial charge in [-0.05, 0) is 41.5 Å². The Morgan fingerprint density at radius 2 is 1.88 bits per heavy atom. The number of carbonyl (C=O) groups excluding carboxylic acids is 1. The molecule has 0 fully saturated rings. The first-order valence-corrected chi connectivity index (χ1v) is 8.45. The van der Waals surface area contributed by atoms with Crippen molar-refractivity contribution >= 4 is 11.6 Å². The SMILES string of the molecule is COc1ccc(C2Nc3ccccc3C(=O)N2Cc2cccnc2)cc1. The molecule has 0 spiro atoms. The molecule has 130 valence electrons. The van der Waals surface area contributed by atoms with Gasteiger partial charge in [-0.25, -0.2) is 0 Å². The van der Waals surface area contributed by atoms with Gasteiger partial charge in [-0.15, -0.1) is 0 Å². The molecule has 4 rings (SSSR count). The maximum absolute atomic E-state index is 13.2. The monoisotopic (exact) mass is 345 g/mol. The molecule has 1 N–H and O–H groups in total. The fourth-order valence-corrected chi connectivity index (χ4v) is 3.19. The van der Waals surface area contributed by atoms with Gasteiger partial charge < -0.3 is 15.0 Å². The Bertz CT molecular complexity index is 910. The standard InChI is InChI=1S/C21H19N3O2/c1-26-17-10-8-16(9-11-17)20-23-19-7-3-2-6-18(19)21(25)24(20)14-15-5-4-12-22-13-15/h2-13,20,23H,14H2,1H3. The summed E-state index contributed by atoms with van der Waals surface area (Å²) >= 11 is 0. The molecule has 1 atom stereocenters. The first-order chi connectivity index (χ1) is 12.8. The third-order valence-corrected chi connectivity index (χ3v) is 4.53. The van der Waals surface area contributed by atoms with E-state index in [1.807, 2.05) is 65.6 Å². The Kier molecular flexibility index (Phi) is 4.27. The third kappa shape index (κ3) is 2.99. The number of benzene rings is 2. The maximum atomic E-state index is 13.2. The van der Waals surface area contributed by atoms with Gasteiger partial charge in [0.05, 0.1) is 12.7 Å². The van der Waals surface area contributed by atoms with Crippen LogP contribution < -0.4 is 10.1 Å². The number of nitrogens with zero attached hydrogens (tertiary/aromatic N) is 2. The van der Waals surface area contributed by atoms with E-state index in [0.29, 0.717) is 12.1 Å². The first kappa shape index (κ1) is 16.1. The fraction of sp³-hybridized carbons (Fsp3) is 0.143. The van der Waals surface area contributed by atoms with Crippen molar-refractivity contribution in [2.45, 2.75) is 12.7 Å². The molecule has 3 aromatic rings. The largest absolute Gasteiger partial charge is 0.497 e. The summed E-state index contributed by atoms with van der Waals surface area (Å²) in [5.41, 5.74) is 3.51. The van der Waals surface area contributed by atoms with Crippen molar-refractivity contribution in [2.75, 3.05) is 12.4 Å². The van der Waals surface area contributed by atoms with Gasteiger partial charge in [0.1, 0.15) is 11.9 Å². The van der Waals surface area contributed by atoms with Gasteiger partial charge in [-0.1, -0.05) is 30.3 Å².